The average molecular weight is 247 g/mol. The molecule has 0 aliphatic heterocycles. The topological polar surface area (TPSA) is 95.1 Å². The van der Waals surface area contributed by atoms with Crippen LogP contribution in [0, 0.1) is 0 Å². The summed E-state index contributed by atoms with van der Waals surface area (Å²) in [4.78, 5) is 0.0461. The van der Waals surface area contributed by atoms with E-state index in [9.17, 15) is 13.5 Å². The van der Waals surface area contributed by atoms with Crippen molar-refractivity contribution in [3.63, 3.8) is 0 Å². The molecule has 0 aliphatic carbocycles. The lowest BCUT2D eigenvalue weighted by molar-refractivity contribution is 0.00639. The highest BCUT2D eigenvalue weighted by atomic mass is 32.2. The van der Waals surface area contributed by atoms with E-state index in [-0.39, 0.29) is 4.90 Å². The Morgan fingerprint density at radius 3 is 2.31 bits per heavy atom. The van der Waals surface area contributed by atoms with Crippen molar-refractivity contribution in [3.05, 3.63) is 12.4 Å². The molecule has 0 unspecified atom stereocenters. The molecule has 1 aromatic heterocycles. The molecule has 92 valence electrons. The van der Waals surface area contributed by atoms with E-state index in [2.05, 4.69) is 14.9 Å². The van der Waals surface area contributed by atoms with Gasteiger partial charge in [0.1, 0.15) is 4.90 Å². The molecule has 0 atom stereocenters. The molecule has 1 heterocycles. The van der Waals surface area contributed by atoms with Gasteiger partial charge in [-0.2, -0.15) is 5.10 Å². The zero-order valence-electron chi connectivity index (χ0n) is 9.77. The number of nitrogens with zero attached hydrogens (tertiary/aromatic N) is 1. The Balaban J connectivity index is 2.99. The lowest BCUT2D eigenvalue weighted by Crippen LogP contribution is -2.57. The molecule has 7 heteroatoms. The summed E-state index contributed by atoms with van der Waals surface area (Å²) in [5.41, 5.74) is -2.16. The first-order valence-electron chi connectivity index (χ1n) is 4.81. The summed E-state index contributed by atoms with van der Waals surface area (Å²) in [6, 6.07) is 0. The van der Waals surface area contributed by atoms with E-state index in [1.54, 1.807) is 27.7 Å². The molecule has 1 rings (SSSR count). The van der Waals surface area contributed by atoms with E-state index < -0.39 is 21.2 Å². The Kier molecular flexibility index (Phi) is 3.15. The number of nitrogens with one attached hydrogen (secondary N) is 2. The Morgan fingerprint density at radius 1 is 1.38 bits per heavy atom. The van der Waals surface area contributed by atoms with E-state index >= 15 is 0 Å². The Labute approximate surface area is 95.1 Å². The summed E-state index contributed by atoms with van der Waals surface area (Å²) >= 11 is 0. The van der Waals surface area contributed by atoms with Crippen LogP contribution < -0.4 is 4.72 Å². The smallest absolute Gasteiger partial charge is 0.244 e. The minimum absolute atomic E-state index is 0.0461. The standard InChI is InChI=1S/C9H17N3O3S/c1-8(2,9(3,4)13)12-16(14,15)7-5-10-11-6-7/h5-6,12-13H,1-4H3,(H,10,11). The van der Waals surface area contributed by atoms with Gasteiger partial charge in [-0.25, -0.2) is 13.1 Å². The van der Waals surface area contributed by atoms with Crippen LogP contribution in [0.5, 0.6) is 0 Å². The maximum atomic E-state index is 11.9. The highest BCUT2D eigenvalue weighted by Gasteiger charge is 2.39. The van der Waals surface area contributed by atoms with Crippen molar-refractivity contribution in [1.29, 1.82) is 0 Å². The zero-order valence-corrected chi connectivity index (χ0v) is 10.6. The monoisotopic (exact) mass is 247 g/mol. The Morgan fingerprint density at radius 2 is 1.94 bits per heavy atom. The fourth-order valence-electron chi connectivity index (χ4n) is 0.906. The fraction of sp³-hybridized carbons (Fsp3) is 0.667. The number of aromatic nitrogens is 2. The van der Waals surface area contributed by atoms with Gasteiger partial charge in [0.05, 0.1) is 17.3 Å². The van der Waals surface area contributed by atoms with Crippen molar-refractivity contribution in [2.45, 2.75) is 43.7 Å². The van der Waals surface area contributed by atoms with Crippen LogP contribution in [0.1, 0.15) is 27.7 Å². The molecule has 0 spiro atoms. The second-order valence-corrected chi connectivity index (χ2v) is 6.41. The molecule has 3 N–H and O–H groups in total. The number of aromatic amines is 1. The van der Waals surface area contributed by atoms with Crippen molar-refractivity contribution in [3.8, 4) is 0 Å². The van der Waals surface area contributed by atoms with E-state index in [1.807, 2.05) is 0 Å². The molecule has 16 heavy (non-hydrogen) atoms. The zero-order chi connectivity index (χ0) is 12.6. The Bertz CT molecular complexity index is 443. The van der Waals surface area contributed by atoms with Crippen molar-refractivity contribution in [2.75, 3.05) is 0 Å². The molecule has 0 saturated heterocycles. The summed E-state index contributed by atoms with van der Waals surface area (Å²) < 4.78 is 26.2. The van der Waals surface area contributed by atoms with Crippen molar-refractivity contribution in [2.24, 2.45) is 0 Å². The van der Waals surface area contributed by atoms with Crippen LogP contribution in [-0.4, -0.2) is 34.9 Å². The molecule has 0 amide bonds. The van der Waals surface area contributed by atoms with Crippen LogP contribution in [0.15, 0.2) is 17.3 Å². The third-order valence-corrected chi connectivity index (χ3v) is 4.33. The molecule has 0 aromatic carbocycles. The number of aliphatic hydroxyl groups is 1. The molecule has 0 radical (unpaired) electrons. The van der Waals surface area contributed by atoms with Crippen molar-refractivity contribution < 1.29 is 13.5 Å². The fourth-order valence-corrected chi connectivity index (χ4v) is 2.34. The molecule has 0 bridgehead atoms. The maximum absolute atomic E-state index is 11.9. The molecule has 6 nitrogen and oxygen atoms in total. The van der Waals surface area contributed by atoms with Gasteiger partial charge in [0.2, 0.25) is 10.0 Å². The lowest BCUT2D eigenvalue weighted by atomic mass is 9.87. The maximum Gasteiger partial charge on any atom is 0.244 e. The Hall–Kier alpha value is -0.920. The first kappa shape index (κ1) is 13.1. The summed E-state index contributed by atoms with van der Waals surface area (Å²) in [5, 5.41) is 15.9. The van der Waals surface area contributed by atoms with Gasteiger partial charge in [-0.1, -0.05) is 0 Å². The van der Waals surface area contributed by atoms with Gasteiger partial charge in [-0.15, -0.1) is 0 Å². The summed E-state index contributed by atoms with van der Waals surface area (Å²) in [5.74, 6) is 0. The molecular formula is C9H17N3O3S. The highest BCUT2D eigenvalue weighted by molar-refractivity contribution is 7.89. The molecule has 1 aromatic rings. The van der Waals surface area contributed by atoms with Crippen LogP contribution in [0.4, 0.5) is 0 Å². The molecular weight excluding hydrogens is 230 g/mol. The van der Waals surface area contributed by atoms with Crippen LogP contribution >= 0.6 is 0 Å². The minimum Gasteiger partial charge on any atom is -0.389 e. The second-order valence-electron chi connectivity index (χ2n) is 4.72. The number of H-pyrrole nitrogens is 1. The predicted molar refractivity (Wildman–Crippen MR) is 59.3 cm³/mol. The van der Waals surface area contributed by atoms with Crippen LogP contribution in [0.25, 0.3) is 0 Å². The van der Waals surface area contributed by atoms with Gasteiger partial charge in [-0.05, 0) is 27.7 Å². The number of hydrogen-bond donors (Lipinski definition) is 3. The minimum atomic E-state index is -3.66. The largest absolute Gasteiger partial charge is 0.389 e. The molecule has 0 aliphatic rings. The van der Waals surface area contributed by atoms with Crippen LogP contribution in [0.2, 0.25) is 0 Å². The van der Waals surface area contributed by atoms with E-state index in [1.165, 1.54) is 12.4 Å². The van der Waals surface area contributed by atoms with Crippen LogP contribution in [0.3, 0.4) is 0 Å². The summed E-state index contributed by atoms with van der Waals surface area (Å²) in [6.07, 6.45) is 2.49. The predicted octanol–water partition coefficient (Wildman–Crippen LogP) is 0.237. The first-order chi connectivity index (χ1) is 7.06. The highest BCUT2D eigenvalue weighted by Crippen LogP contribution is 2.23. The SMILES string of the molecule is CC(C)(O)C(C)(C)NS(=O)(=O)c1cn[nH]c1. The van der Waals surface area contributed by atoms with Crippen molar-refractivity contribution in [1.82, 2.24) is 14.9 Å². The van der Waals surface area contributed by atoms with Crippen molar-refractivity contribution >= 4 is 10.0 Å². The average Bonchev–Trinajstić information content (AvgIpc) is 2.50. The number of sulfonamides is 1. The van der Waals surface area contributed by atoms with Gasteiger partial charge in [0.25, 0.3) is 0 Å². The van der Waals surface area contributed by atoms with Gasteiger partial charge in [0.15, 0.2) is 0 Å². The van der Waals surface area contributed by atoms with Crippen LogP contribution in [-0.2, 0) is 10.0 Å². The van der Waals surface area contributed by atoms with E-state index in [0.717, 1.165) is 0 Å². The van der Waals surface area contributed by atoms with E-state index in [4.69, 9.17) is 0 Å². The normalized spacial score (nSPS) is 14.1. The third kappa shape index (κ3) is 2.60. The van der Waals surface area contributed by atoms with Gasteiger partial charge in [-0.3, -0.25) is 5.10 Å². The quantitative estimate of drug-likeness (QED) is 0.710. The summed E-state index contributed by atoms with van der Waals surface area (Å²) in [7, 11) is -3.66. The third-order valence-electron chi connectivity index (χ3n) is 2.70. The van der Waals surface area contributed by atoms with Gasteiger partial charge < -0.3 is 5.11 Å². The second kappa shape index (κ2) is 3.83. The first-order valence-corrected chi connectivity index (χ1v) is 6.30. The van der Waals surface area contributed by atoms with Gasteiger partial charge in [0, 0.05) is 6.20 Å². The molecule has 0 fully saturated rings. The lowest BCUT2D eigenvalue weighted by Gasteiger charge is -2.37. The summed E-state index contributed by atoms with van der Waals surface area (Å²) in [6.45, 7) is 6.32. The van der Waals surface area contributed by atoms with E-state index in [0.29, 0.717) is 0 Å². The van der Waals surface area contributed by atoms with Gasteiger partial charge >= 0.3 is 0 Å². The molecule has 0 saturated carbocycles. The number of hydrogen-bond acceptors (Lipinski definition) is 4. The number of rotatable bonds is 4.